The SMILES string of the molecule is N#Cc1cccc(C(=O)Nc2cccc(C(=O)Nc3c(Br)cc(C(F)(C(F)(F)F)C(F)(F)C(F)(F)F)cc3Br)c2F)c1. The molecule has 0 aromatic heterocycles. The molecule has 3 aromatic carbocycles. The van der Waals surface area contributed by atoms with Gasteiger partial charge in [-0.2, -0.15) is 40.4 Å². The van der Waals surface area contributed by atoms with Crippen molar-refractivity contribution in [2.75, 3.05) is 10.6 Å². The summed E-state index contributed by atoms with van der Waals surface area (Å²) in [6.45, 7) is 0. The maximum atomic E-state index is 15.1. The second kappa shape index (κ2) is 11.6. The number of hydrogen-bond acceptors (Lipinski definition) is 3. The van der Waals surface area contributed by atoms with Gasteiger partial charge in [-0.1, -0.05) is 12.1 Å². The maximum Gasteiger partial charge on any atom is 0.457 e. The molecule has 0 heterocycles. The van der Waals surface area contributed by atoms with Crippen LogP contribution in [0.15, 0.2) is 63.5 Å². The molecule has 2 N–H and O–H groups in total. The van der Waals surface area contributed by atoms with Crippen molar-refractivity contribution in [3.63, 3.8) is 0 Å². The smallest absolute Gasteiger partial charge is 0.320 e. The van der Waals surface area contributed by atoms with Crippen molar-refractivity contribution in [1.82, 2.24) is 0 Å². The number of carbonyl (C=O) groups is 2. The van der Waals surface area contributed by atoms with Gasteiger partial charge in [0.05, 0.1) is 28.6 Å². The van der Waals surface area contributed by atoms with Gasteiger partial charge in [0.15, 0.2) is 5.82 Å². The van der Waals surface area contributed by atoms with Crippen molar-refractivity contribution in [2.45, 2.75) is 23.9 Å². The second-order valence-electron chi connectivity index (χ2n) is 8.31. The van der Waals surface area contributed by atoms with Crippen molar-refractivity contribution in [2.24, 2.45) is 0 Å². The fourth-order valence-corrected chi connectivity index (χ4v) is 4.90. The van der Waals surface area contributed by atoms with E-state index in [1.807, 2.05) is 11.4 Å². The molecule has 222 valence electrons. The largest absolute Gasteiger partial charge is 0.457 e. The van der Waals surface area contributed by atoms with Crippen LogP contribution >= 0.6 is 31.9 Å². The zero-order valence-corrected chi connectivity index (χ0v) is 23.2. The summed E-state index contributed by atoms with van der Waals surface area (Å²) in [6, 6.07) is 10.2. The maximum absolute atomic E-state index is 15.1. The van der Waals surface area contributed by atoms with E-state index >= 15 is 4.39 Å². The van der Waals surface area contributed by atoms with E-state index in [9.17, 15) is 49.1 Å². The van der Waals surface area contributed by atoms with E-state index in [0.29, 0.717) is 0 Å². The van der Waals surface area contributed by atoms with Crippen molar-refractivity contribution in [3.8, 4) is 6.07 Å². The number of nitriles is 1. The Balaban J connectivity index is 1.96. The van der Waals surface area contributed by atoms with E-state index < -0.39 is 73.0 Å². The zero-order chi connectivity index (χ0) is 31.8. The third kappa shape index (κ3) is 5.95. The summed E-state index contributed by atoms with van der Waals surface area (Å²) in [6.07, 6.45) is -13.7. The van der Waals surface area contributed by atoms with Gasteiger partial charge < -0.3 is 10.6 Å². The molecular formula is C25H11Br2F10N3O2. The van der Waals surface area contributed by atoms with Gasteiger partial charge in [0.25, 0.3) is 11.8 Å². The standard InChI is InChI=1S/C25H11Br2F10N3O2/c26-15-8-13(22(29,24(32,33)34)23(30,31)25(35,36)37)9-16(27)19(15)40-21(42)14-5-2-6-17(18(14)28)39-20(41)12-4-1-3-11(7-12)10-38/h1-9H,(H,39,41)(H,40,42). The molecule has 3 rings (SSSR count). The van der Waals surface area contributed by atoms with E-state index in [1.165, 1.54) is 24.3 Å². The van der Waals surface area contributed by atoms with Gasteiger partial charge in [0, 0.05) is 20.1 Å². The summed E-state index contributed by atoms with van der Waals surface area (Å²) in [5.74, 6) is -10.4. The summed E-state index contributed by atoms with van der Waals surface area (Å²) in [5, 5.41) is 13.2. The van der Waals surface area contributed by atoms with Crippen LogP contribution in [0, 0.1) is 17.1 Å². The molecule has 1 atom stereocenters. The lowest BCUT2D eigenvalue weighted by Crippen LogP contribution is -2.59. The fraction of sp³-hybridized carbons (Fsp3) is 0.160. The summed E-state index contributed by atoms with van der Waals surface area (Å²) in [4.78, 5) is 25.3. The van der Waals surface area contributed by atoms with Gasteiger partial charge in [0.2, 0.25) is 0 Å². The van der Waals surface area contributed by atoms with Crippen LogP contribution in [0.25, 0.3) is 0 Å². The first-order chi connectivity index (χ1) is 19.3. The van der Waals surface area contributed by atoms with Gasteiger partial charge in [-0.25, -0.2) is 8.78 Å². The first-order valence-electron chi connectivity index (χ1n) is 10.9. The average molecular weight is 735 g/mol. The summed E-state index contributed by atoms with van der Waals surface area (Å²) >= 11 is 5.20. The Morgan fingerprint density at radius 2 is 1.33 bits per heavy atom. The highest BCUT2D eigenvalue weighted by molar-refractivity contribution is 9.11. The van der Waals surface area contributed by atoms with Crippen LogP contribution in [-0.2, 0) is 5.67 Å². The van der Waals surface area contributed by atoms with Crippen LogP contribution in [0.4, 0.5) is 55.3 Å². The number of benzene rings is 3. The molecular weight excluding hydrogens is 724 g/mol. The molecule has 0 aliphatic carbocycles. The Morgan fingerprint density at radius 1 is 0.762 bits per heavy atom. The van der Waals surface area contributed by atoms with E-state index in [4.69, 9.17) is 5.26 Å². The number of nitrogens with zero attached hydrogens (tertiary/aromatic N) is 1. The lowest BCUT2D eigenvalue weighted by molar-refractivity contribution is -0.389. The topological polar surface area (TPSA) is 82.0 Å². The average Bonchev–Trinajstić information content (AvgIpc) is 2.89. The molecule has 0 bridgehead atoms. The van der Waals surface area contributed by atoms with Crippen molar-refractivity contribution >= 4 is 55.0 Å². The number of halogens is 12. The van der Waals surface area contributed by atoms with E-state index in [-0.39, 0.29) is 23.3 Å². The van der Waals surface area contributed by atoms with Crippen molar-refractivity contribution < 1.29 is 53.5 Å². The number of amides is 2. The first kappa shape index (κ1) is 32.9. The van der Waals surface area contributed by atoms with Gasteiger partial charge in [-0.3, -0.25) is 9.59 Å². The van der Waals surface area contributed by atoms with E-state index in [0.717, 1.165) is 18.2 Å². The van der Waals surface area contributed by atoms with E-state index in [1.54, 1.807) is 0 Å². The van der Waals surface area contributed by atoms with Gasteiger partial charge in [-0.05, 0) is 74.3 Å². The Morgan fingerprint density at radius 3 is 1.86 bits per heavy atom. The van der Waals surface area contributed by atoms with E-state index in [2.05, 4.69) is 37.2 Å². The zero-order valence-electron chi connectivity index (χ0n) is 20.0. The molecule has 0 spiro atoms. The predicted octanol–water partition coefficient (Wildman–Crippen LogP) is 8.65. The number of rotatable bonds is 6. The molecule has 0 saturated carbocycles. The highest BCUT2D eigenvalue weighted by Crippen LogP contribution is 2.59. The minimum Gasteiger partial charge on any atom is -0.320 e. The second-order valence-corrected chi connectivity index (χ2v) is 10.0. The number of nitrogens with one attached hydrogen (secondary N) is 2. The lowest BCUT2D eigenvalue weighted by atomic mass is 9.87. The molecule has 3 aromatic rings. The quantitative estimate of drug-likeness (QED) is 0.249. The third-order valence-corrected chi connectivity index (χ3v) is 6.85. The minimum atomic E-state index is -6.94. The molecule has 17 heteroatoms. The Kier molecular flexibility index (Phi) is 9.04. The highest BCUT2D eigenvalue weighted by atomic mass is 79.9. The first-order valence-corrected chi connectivity index (χ1v) is 12.5. The van der Waals surface area contributed by atoms with Crippen LogP contribution < -0.4 is 10.6 Å². The van der Waals surface area contributed by atoms with Crippen LogP contribution in [0.2, 0.25) is 0 Å². The molecule has 2 amide bonds. The highest BCUT2D eigenvalue weighted by Gasteiger charge is 2.81. The third-order valence-electron chi connectivity index (χ3n) is 5.60. The summed E-state index contributed by atoms with van der Waals surface area (Å²) < 4.78 is 135. The van der Waals surface area contributed by atoms with Gasteiger partial charge >= 0.3 is 23.9 Å². The molecule has 1 unspecified atom stereocenters. The Labute approximate surface area is 245 Å². The number of carbonyl (C=O) groups excluding carboxylic acids is 2. The molecule has 0 aliphatic rings. The number of alkyl halides is 9. The van der Waals surface area contributed by atoms with Gasteiger partial charge in [-0.15, -0.1) is 0 Å². The molecule has 42 heavy (non-hydrogen) atoms. The summed E-state index contributed by atoms with van der Waals surface area (Å²) in [5.41, 5.74) is -10.2. The monoisotopic (exact) mass is 733 g/mol. The normalized spacial score (nSPS) is 13.6. The molecule has 0 aliphatic heterocycles. The number of anilines is 2. The minimum absolute atomic E-state index is 0.0323. The van der Waals surface area contributed by atoms with Crippen LogP contribution in [0.5, 0.6) is 0 Å². The number of hydrogen-bond donors (Lipinski definition) is 2. The summed E-state index contributed by atoms with van der Waals surface area (Å²) in [7, 11) is 0. The van der Waals surface area contributed by atoms with Crippen molar-refractivity contribution in [1.29, 1.82) is 5.26 Å². The fourth-order valence-electron chi connectivity index (χ4n) is 3.52. The molecule has 0 fully saturated rings. The van der Waals surface area contributed by atoms with Crippen LogP contribution in [0.1, 0.15) is 31.8 Å². The van der Waals surface area contributed by atoms with Crippen LogP contribution in [-0.4, -0.2) is 30.1 Å². The molecule has 0 radical (unpaired) electrons. The Hall–Kier alpha value is -3.65. The van der Waals surface area contributed by atoms with Gasteiger partial charge in [0.1, 0.15) is 0 Å². The Bertz CT molecular complexity index is 1580. The molecule has 5 nitrogen and oxygen atoms in total. The predicted molar refractivity (Wildman–Crippen MR) is 135 cm³/mol. The van der Waals surface area contributed by atoms with Crippen LogP contribution in [0.3, 0.4) is 0 Å². The lowest BCUT2D eigenvalue weighted by Gasteiger charge is -2.36. The van der Waals surface area contributed by atoms with Crippen molar-refractivity contribution in [3.05, 3.63) is 91.6 Å². The molecule has 0 saturated heterocycles.